The molecule has 1 saturated heterocycles. The van der Waals surface area contributed by atoms with Gasteiger partial charge in [-0.25, -0.2) is 0 Å². The van der Waals surface area contributed by atoms with E-state index in [1.54, 1.807) is 0 Å². The molecule has 0 amide bonds. The fourth-order valence-electron chi connectivity index (χ4n) is 5.76. The lowest BCUT2D eigenvalue weighted by atomic mass is 9.44. The van der Waals surface area contributed by atoms with Crippen LogP contribution in [0.4, 0.5) is 0 Å². The van der Waals surface area contributed by atoms with E-state index in [1.165, 1.54) is 16.7 Å². The number of hydrogen-bond donors (Lipinski definition) is 1. The molecule has 3 heteroatoms. The van der Waals surface area contributed by atoms with Crippen LogP contribution < -0.4 is 10.1 Å². The van der Waals surface area contributed by atoms with E-state index < -0.39 is 0 Å². The Morgan fingerprint density at radius 2 is 2.19 bits per heavy atom. The zero-order valence-electron chi connectivity index (χ0n) is 12.7. The molecule has 4 atom stereocenters. The number of hydrogen-bond acceptors (Lipinski definition) is 3. The van der Waals surface area contributed by atoms with Gasteiger partial charge in [0, 0.05) is 18.0 Å². The minimum atomic E-state index is -0.240. The lowest BCUT2D eigenvalue weighted by Gasteiger charge is -2.61. The third kappa shape index (κ3) is 1.13. The van der Waals surface area contributed by atoms with Crippen molar-refractivity contribution in [2.24, 2.45) is 5.41 Å². The Labute approximate surface area is 125 Å². The van der Waals surface area contributed by atoms with Gasteiger partial charge in [0.1, 0.15) is 5.75 Å². The average Bonchev–Trinajstić information content (AvgIpc) is 2.80. The van der Waals surface area contributed by atoms with Gasteiger partial charge in [0.25, 0.3) is 0 Å². The number of piperidine rings is 1. The normalized spacial score (nSPS) is 42.5. The molecule has 4 aliphatic rings. The number of Topliss-reactive ketones (excluding diaryl/α,β-unsaturated/α-hetero) is 1. The fourth-order valence-corrected chi connectivity index (χ4v) is 5.76. The highest BCUT2D eigenvalue weighted by molar-refractivity contribution is 5.89. The van der Waals surface area contributed by atoms with Gasteiger partial charge in [-0.15, -0.1) is 0 Å². The first-order valence-electron chi connectivity index (χ1n) is 8.14. The number of carbonyl (C=O) groups is 1. The second kappa shape index (κ2) is 3.52. The first kappa shape index (κ1) is 12.2. The van der Waals surface area contributed by atoms with Crippen LogP contribution in [0.2, 0.25) is 0 Å². The molecule has 1 aromatic carbocycles. The SMILES string of the molecule is Cc1ccc2c3c1O[C@H]1C(=O)CC[C@@]4(C)[C@@H](C2)NCC[C@]314. The Hall–Kier alpha value is -1.35. The van der Waals surface area contributed by atoms with Crippen molar-refractivity contribution >= 4 is 5.78 Å². The highest BCUT2D eigenvalue weighted by Crippen LogP contribution is 2.66. The van der Waals surface area contributed by atoms with E-state index in [9.17, 15) is 4.79 Å². The summed E-state index contributed by atoms with van der Waals surface area (Å²) in [6.45, 7) is 5.51. The van der Waals surface area contributed by atoms with E-state index in [4.69, 9.17) is 4.74 Å². The summed E-state index contributed by atoms with van der Waals surface area (Å²) in [6.07, 6.45) is 3.53. The average molecular weight is 283 g/mol. The summed E-state index contributed by atoms with van der Waals surface area (Å²) in [6, 6.07) is 4.90. The van der Waals surface area contributed by atoms with Crippen LogP contribution in [0.1, 0.15) is 42.9 Å². The largest absolute Gasteiger partial charge is 0.481 e. The quantitative estimate of drug-likeness (QED) is 0.794. The summed E-state index contributed by atoms with van der Waals surface area (Å²) >= 11 is 0. The van der Waals surface area contributed by atoms with Crippen molar-refractivity contribution < 1.29 is 9.53 Å². The van der Waals surface area contributed by atoms with Gasteiger partial charge in [-0.2, -0.15) is 0 Å². The fraction of sp³-hybridized carbons (Fsp3) is 0.611. The Kier molecular flexibility index (Phi) is 2.05. The molecule has 5 rings (SSSR count). The van der Waals surface area contributed by atoms with E-state index >= 15 is 0 Å². The summed E-state index contributed by atoms with van der Waals surface area (Å²) in [7, 11) is 0. The summed E-state index contributed by atoms with van der Waals surface area (Å²) in [5.41, 5.74) is 4.05. The molecular formula is C18H21NO2. The van der Waals surface area contributed by atoms with Crippen molar-refractivity contribution in [2.45, 2.75) is 57.1 Å². The predicted molar refractivity (Wildman–Crippen MR) is 79.7 cm³/mol. The van der Waals surface area contributed by atoms with Gasteiger partial charge in [0.05, 0.1) is 5.41 Å². The molecule has 3 nitrogen and oxygen atoms in total. The number of benzene rings is 1. The van der Waals surface area contributed by atoms with Crippen LogP contribution in [-0.4, -0.2) is 24.5 Å². The van der Waals surface area contributed by atoms with E-state index in [1.807, 2.05) is 0 Å². The smallest absolute Gasteiger partial charge is 0.174 e. The van der Waals surface area contributed by atoms with Gasteiger partial charge in [-0.3, -0.25) is 4.79 Å². The van der Waals surface area contributed by atoms with Gasteiger partial charge < -0.3 is 10.1 Å². The number of carbonyl (C=O) groups excluding carboxylic acids is 1. The molecule has 2 fully saturated rings. The Bertz CT molecular complexity index is 682. The third-order valence-electron chi connectivity index (χ3n) is 6.88. The first-order valence-corrected chi connectivity index (χ1v) is 8.14. The maximum absolute atomic E-state index is 12.6. The molecule has 110 valence electrons. The van der Waals surface area contributed by atoms with Crippen molar-refractivity contribution in [3.05, 3.63) is 28.8 Å². The van der Waals surface area contributed by atoms with Crippen LogP contribution in [0.25, 0.3) is 0 Å². The molecule has 0 aromatic heterocycles. The maximum atomic E-state index is 12.6. The van der Waals surface area contributed by atoms with E-state index in [-0.39, 0.29) is 16.9 Å². The third-order valence-corrected chi connectivity index (χ3v) is 6.88. The van der Waals surface area contributed by atoms with Crippen LogP contribution in [0.5, 0.6) is 5.75 Å². The van der Waals surface area contributed by atoms with E-state index in [0.717, 1.165) is 31.6 Å². The molecule has 2 bridgehead atoms. The molecule has 21 heavy (non-hydrogen) atoms. The highest BCUT2D eigenvalue weighted by atomic mass is 16.5. The van der Waals surface area contributed by atoms with Crippen LogP contribution in [0, 0.1) is 12.3 Å². The van der Waals surface area contributed by atoms with Crippen LogP contribution >= 0.6 is 0 Å². The van der Waals surface area contributed by atoms with E-state index in [2.05, 4.69) is 31.3 Å². The second-order valence-corrected chi connectivity index (χ2v) is 7.56. The number of aryl methyl sites for hydroxylation is 1. The zero-order chi connectivity index (χ0) is 14.4. The Morgan fingerprint density at radius 3 is 3.05 bits per heavy atom. The number of rotatable bonds is 0. The van der Waals surface area contributed by atoms with E-state index in [0.29, 0.717) is 18.2 Å². The number of ether oxygens (including phenoxy) is 1. The highest BCUT2D eigenvalue weighted by Gasteiger charge is 2.69. The number of nitrogens with one attached hydrogen (secondary N) is 1. The van der Waals surface area contributed by atoms with Crippen LogP contribution in [0.15, 0.2) is 12.1 Å². The molecular weight excluding hydrogens is 262 g/mol. The topological polar surface area (TPSA) is 38.3 Å². The summed E-state index contributed by atoms with van der Waals surface area (Å²) in [5.74, 6) is 1.34. The second-order valence-electron chi connectivity index (χ2n) is 7.56. The van der Waals surface area contributed by atoms with Crippen molar-refractivity contribution in [1.29, 1.82) is 0 Å². The predicted octanol–water partition coefficient (Wildman–Crippen LogP) is 2.28. The van der Waals surface area contributed by atoms with Crippen molar-refractivity contribution in [3.63, 3.8) is 0 Å². The summed E-state index contributed by atoms with van der Waals surface area (Å²) in [4.78, 5) is 12.6. The Balaban J connectivity index is 1.89. The molecule has 2 aliphatic carbocycles. The molecule has 1 saturated carbocycles. The monoisotopic (exact) mass is 283 g/mol. The van der Waals surface area contributed by atoms with Crippen molar-refractivity contribution in [2.75, 3.05) is 6.54 Å². The van der Waals surface area contributed by atoms with Gasteiger partial charge >= 0.3 is 0 Å². The van der Waals surface area contributed by atoms with Crippen molar-refractivity contribution in [3.8, 4) is 5.75 Å². The minimum Gasteiger partial charge on any atom is -0.481 e. The standard InChI is InChI=1S/C18H21NO2/c1-10-3-4-11-9-13-17(2)6-5-12(20)16-18(17,7-8-19-13)14(11)15(10)21-16/h3-4,13,16,19H,5-9H2,1-2H3/t13-,16+,17+,18+/m1/s1. The molecule has 0 radical (unpaired) electrons. The van der Waals surface area contributed by atoms with Crippen LogP contribution in [0.3, 0.4) is 0 Å². The maximum Gasteiger partial charge on any atom is 0.174 e. The lowest BCUT2D eigenvalue weighted by molar-refractivity contribution is -0.142. The van der Waals surface area contributed by atoms with Crippen molar-refractivity contribution in [1.82, 2.24) is 5.32 Å². The minimum absolute atomic E-state index is 0.0762. The van der Waals surface area contributed by atoms with Crippen LogP contribution in [-0.2, 0) is 16.6 Å². The first-order chi connectivity index (χ1) is 10.1. The summed E-state index contributed by atoms with van der Waals surface area (Å²) in [5, 5.41) is 3.73. The molecule has 2 aliphatic heterocycles. The van der Waals surface area contributed by atoms with Gasteiger partial charge in [0.15, 0.2) is 11.9 Å². The zero-order valence-corrected chi connectivity index (χ0v) is 12.7. The lowest BCUT2D eigenvalue weighted by Crippen LogP contribution is -2.70. The summed E-state index contributed by atoms with van der Waals surface area (Å²) < 4.78 is 6.31. The molecule has 1 spiro atoms. The van der Waals surface area contributed by atoms with Gasteiger partial charge in [0.2, 0.25) is 0 Å². The van der Waals surface area contributed by atoms with Gasteiger partial charge in [-0.05, 0) is 49.3 Å². The molecule has 1 N–H and O–H groups in total. The van der Waals surface area contributed by atoms with Gasteiger partial charge in [-0.1, -0.05) is 19.1 Å². The molecule has 2 heterocycles. The Morgan fingerprint density at radius 1 is 1.33 bits per heavy atom. The molecule has 1 aromatic rings. The number of ketones is 1. The molecule has 0 unspecified atom stereocenters.